The third-order valence-corrected chi connectivity index (χ3v) is 2.34. The second-order valence-electron chi connectivity index (χ2n) is 4.45. The molecule has 3 heteroatoms. The molecule has 1 N–H and O–H groups in total. The first-order chi connectivity index (χ1) is 8.61. The minimum atomic E-state index is -0.332. The second kappa shape index (κ2) is 7.54. The molecule has 3 nitrogen and oxygen atoms in total. The summed E-state index contributed by atoms with van der Waals surface area (Å²) in [5.74, 6) is 0.236. The minimum absolute atomic E-state index is 0.332. The van der Waals surface area contributed by atoms with Crippen LogP contribution in [0.1, 0.15) is 33.6 Å². The molecule has 0 aliphatic carbocycles. The first-order valence-corrected chi connectivity index (χ1v) is 6.32. The zero-order valence-electron chi connectivity index (χ0n) is 11.3. The monoisotopic (exact) mass is 247 g/mol. The van der Waals surface area contributed by atoms with E-state index < -0.39 is 0 Å². The summed E-state index contributed by atoms with van der Waals surface area (Å²) in [4.78, 5) is 11.4. The summed E-state index contributed by atoms with van der Waals surface area (Å²) >= 11 is 0. The minimum Gasteiger partial charge on any atom is -0.423 e. The summed E-state index contributed by atoms with van der Waals surface area (Å²) in [6.45, 7) is 6.85. The fourth-order valence-corrected chi connectivity index (χ4v) is 1.43. The van der Waals surface area contributed by atoms with Crippen molar-refractivity contribution in [2.45, 2.75) is 33.6 Å². The molecule has 0 heterocycles. The van der Waals surface area contributed by atoms with Crippen LogP contribution in [0.25, 0.3) is 0 Å². The molecule has 0 amide bonds. The van der Waals surface area contributed by atoms with Gasteiger partial charge in [0.1, 0.15) is 5.75 Å². The van der Waals surface area contributed by atoms with E-state index >= 15 is 0 Å². The molecule has 0 aliphatic heterocycles. The highest BCUT2D eigenvalue weighted by Crippen LogP contribution is 2.16. The molecule has 0 fully saturated rings. The Hall–Kier alpha value is -1.77. The third-order valence-electron chi connectivity index (χ3n) is 2.34. The van der Waals surface area contributed by atoms with E-state index in [9.17, 15) is 4.79 Å². The maximum absolute atomic E-state index is 11.4. The average molecular weight is 247 g/mol. The highest BCUT2D eigenvalue weighted by atomic mass is 16.5. The number of carbonyl (C=O) groups excluding carboxylic acids is 1. The van der Waals surface area contributed by atoms with Crippen LogP contribution in [0.15, 0.2) is 35.9 Å². The summed E-state index contributed by atoms with van der Waals surface area (Å²) in [5.41, 5.74) is 1.98. The van der Waals surface area contributed by atoms with E-state index in [1.807, 2.05) is 26.0 Å². The van der Waals surface area contributed by atoms with Crippen molar-refractivity contribution in [3.8, 4) is 5.75 Å². The largest absolute Gasteiger partial charge is 0.423 e. The lowest BCUT2D eigenvalue weighted by atomic mass is 10.3. The van der Waals surface area contributed by atoms with Gasteiger partial charge >= 0.3 is 5.97 Å². The fourth-order valence-electron chi connectivity index (χ4n) is 1.43. The van der Waals surface area contributed by atoms with Crippen LogP contribution in [0.5, 0.6) is 5.75 Å². The Kier molecular flexibility index (Phi) is 5.98. The quantitative estimate of drug-likeness (QED) is 0.360. The number of esters is 1. The highest BCUT2D eigenvalue weighted by molar-refractivity contribution is 5.84. The molecule has 0 aromatic heterocycles. The molecule has 18 heavy (non-hydrogen) atoms. The van der Waals surface area contributed by atoms with E-state index in [2.05, 4.69) is 12.2 Å². The van der Waals surface area contributed by atoms with Crippen LogP contribution in [-0.4, -0.2) is 12.5 Å². The molecule has 98 valence electrons. The topological polar surface area (TPSA) is 38.3 Å². The highest BCUT2D eigenvalue weighted by Gasteiger charge is 2.01. The van der Waals surface area contributed by atoms with Gasteiger partial charge in [-0.3, -0.25) is 0 Å². The Labute approximate surface area is 109 Å². The molecule has 0 radical (unpaired) electrons. The van der Waals surface area contributed by atoms with Crippen molar-refractivity contribution in [3.63, 3.8) is 0 Å². The molecule has 0 atom stereocenters. The number of hydrogen-bond donors (Lipinski definition) is 1. The van der Waals surface area contributed by atoms with Gasteiger partial charge in [0.15, 0.2) is 0 Å². The zero-order chi connectivity index (χ0) is 13.4. The van der Waals surface area contributed by atoms with Crippen LogP contribution in [-0.2, 0) is 4.79 Å². The number of anilines is 1. The van der Waals surface area contributed by atoms with E-state index in [1.54, 1.807) is 12.1 Å². The zero-order valence-corrected chi connectivity index (χ0v) is 11.3. The van der Waals surface area contributed by atoms with Crippen LogP contribution in [0.4, 0.5) is 5.69 Å². The molecule has 0 spiro atoms. The van der Waals surface area contributed by atoms with Crippen molar-refractivity contribution in [2.75, 3.05) is 11.9 Å². The lowest BCUT2D eigenvalue weighted by Crippen LogP contribution is -2.05. The number of ether oxygens (including phenoxy) is 1. The fraction of sp³-hybridized carbons (Fsp3) is 0.400. The molecule has 0 unspecified atom stereocenters. The van der Waals surface area contributed by atoms with Crippen LogP contribution in [0.3, 0.4) is 0 Å². The molecule has 1 rings (SSSR count). The Morgan fingerprint density at radius 3 is 2.50 bits per heavy atom. The van der Waals surface area contributed by atoms with E-state index in [1.165, 1.54) is 12.5 Å². The summed E-state index contributed by atoms with van der Waals surface area (Å²) in [7, 11) is 0. The van der Waals surface area contributed by atoms with Gasteiger partial charge in [0.05, 0.1) is 0 Å². The summed E-state index contributed by atoms with van der Waals surface area (Å²) in [6, 6.07) is 7.43. The van der Waals surface area contributed by atoms with Crippen LogP contribution >= 0.6 is 0 Å². The molecule has 0 aliphatic rings. The number of nitrogens with one attached hydrogen (secondary N) is 1. The average Bonchev–Trinajstić information content (AvgIpc) is 2.30. The summed E-state index contributed by atoms with van der Waals surface area (Å²) in [6.07, 6.45) is 3.80. The van der Waals surface area contributed by atoms with Gasteiger partial charge < -0.3 is 10.1 Å². The van der Waals surface area contributed by atoms with Crippen LogP contribution in [0, 0.1) is 0 Å². The summed E-state index contributed by atoms with van der Waals surface area (Å²) in [5, 5.41) is 3.31. The number of allylic oxidation sites excluding steroid dienone is 1. The van der Waals surface area contributed by atoms with Gasteiger partial charge in [-0.2, -0.15) is 0 Å². The van der Waals surface area contributed by atoms with E-state index in [0.29, 0.717) is 5.75 Å². The van der Waals surface area contributed by atoms with Gasteiger partial charge in [0.25, 0.3) is 0 Å². The Balaban J connectivity index is 2.50. The number of hydrogen-bond acceptors (Lipinski definition) is 3. The Bertz CT molecular complexity index is 403. The second-order valence-corrected chi connectivity index (χ2v) is 4.45. The number of rotatable bonds is 6. The van der Waals surface area contributed by atoms with E-state index in [4.69, 9.17) is 4.74 Å². The first kappa shape index (κ1) is 14.3. The Morgan fingerprint density at radius 1 is 1.28 bits per heavy atom. The molecular formula is C15H21NO2. The number of carbonyl (C=O) groups is 1. The van der Waals surface area contributed by atoms with Gasteiger partial charge in [-0.15, -0.1) is 0 Å². The smallest absolute Gasteiger partial charge is 0.336 e. The van der Waals surface area contributed by atoms with E-state index in [-0.39, 0.29) is 5.97 Å². The van der Waals surface area contributed by atoms with Crippen LogP contribution < -0.4 is 10.1 Å². The van der Waals surface area contributed by atoms with Gasteiger partial charge in [0, 0.05) is 18.3 Å². The standard InChI is InChI=1S/C15H21NO2/c1-4-5-10-16-13-6-8-14(9-7-13)18-15(17)11-12(2)3/h6-9,11,16H,4-5,10H2,1-3H3. The predicted molar refractivity (Wildman–Crippen MR) is 74.9 cm³/mol. The summed E-state index contributed by atoms with van der Waals surface area (Å²) < 4.78 is 5.16. The SMILES string of the molecule is CCCCNc1ccc(OC(=O)C=C(C)C)cc1. The van der Waals surface area contributed by atoms with Crippen molar-refractivity contribution in [3.05, 3.63) is 35.9 Å². The lowest BCUT2D eigenvalue weighted by Gasteiger charge is -2.06. The van der Waals surface area contributed by atoms with Crippen molar-refractivity contribution in [1.29, 1.82) is 0 Å². The molecule has 1 aromatic rings. The number of benzene rings is 1. The van der Waals surface area contributed by atoms with Gasteiger partial charge in [-0.25, -0.2) is 4.79 Å². The lowest BCUT2D eigenvalue weighted by molar-refractivity contribution is -0.129. The van der Waals surface area contributed by atoms with Crippen molar-refractivity contribution in [2.24, 2.45) is 0 Å². The van der Waals surface area contributed by atoms with Crippen molar-refractivity contribution < 1.29 is 9.53 Å². The maximum Gasteiger partial charge on any atom is 0.336 e. The van der Waals surface area contributed by atoms with Gasteiger partial charge in [-0.05, 0) is 44.5 Å². The Morgan fingerprint density at radius 2 is 1.94 bits per heavy atom. The van der Waals surface area contributed by atoms with Crippen LogP contribution in [0.2, 0.25) is 0 Å². The molecule has 0 bridgehead atoms. The molecule has 1 aromatic carbocycles. The normalized spacial score (nSPS) is 9.72. The van der Waals surface area contributed by atoms with Gasteiger partial charge in [-0.1, -0.05) is 18.9 Å². The van der Waals surface area contributed by atoms with Crippen molar-refractivity contribution >= 4 is 11.7 Å². The van der Waals surface area contributed by atoms with Crippen molar-refractivity contribution in [1.82, 2.24) is 0 Å². The molecule has 0 saturated carbocycles. The van der Waals surface area contributed by atoms with Gasteiger partial charge in [0.2, 0.25) is 0 Å². The van der Waals surface area contributed by atoms with E-state index in [0.717, 1.165) is 24.2 Å². The number of unbranched alkanes of at least 4 members (excludes halogenated alkanes) is 1. The maximum atomic E-state index is 11.4. The molecular weight excluding hydrogens is 226 g/mol. The molecule has 0 saturated heterocycles. The predicted octanol–water partition coefficient (Wildman–Crippen LogP) is 3.77. The third kappa shape index (κ3) is 5.53. The first-order valence-electron chi connectivity index (χ1n) is 6.32.